The van der Waals surface area contributed by atoms with Gasteiger partial charge in [-0.25, -0.2) is 0 Å². The van der Waals surface area contributed by atoms with Crippen LogP contribution >= 0.6 is 46.7 Å². The smallest absolute Gasteiger partial charge is 0.194 e. The van der Waals surface area contributed by atoms with E-state index in [1.165, 1.54) is 0 Å². The van der Waals surface area contributed by atoms with Gasteiger partial charge in [0.25, 0.3) is 0 Å². The van der Waals surface area contributed by atoms with Crippen LogP contribution in [0, 0.1) is 0 Å². The van der Waals surface area contributed by atoms with Gasteiger partial charge in [-0.15, -0.1) is 23.5 Å². The lowest BCUT2D eigenvalue weighted by Crippen LogP contribution is -2.02. The molecule has 0 saturated carbocycles. The lowest BCUT2D eigenvalue weighted by molar-refractivity contribution is 0.103. The second kappa shape index (κ2) is 8.81. The molecule has 0 aromatic heterocycles. The number of rotatable bonds is 6. The van der Waals surface area contributed by atoms with E-state index in [1.54, 1.807) is 47.8 Å². The molecular formula is C20H14Cl2OS2. The fourth-order valence-electron chi connectivity index (χ4n) is 2.23. The van der Waals surface area contributed by atoms with Gasteiger partial charge in [0.1, 0.15) is 0 Å². The predicted molar refractivity (Wildman–Crippen MR) is 109 cm³/mol. The van der Waals surface area contributed by atoms with Crippen LogP contribution in [0.15, 0.2) is 82.6 Å². The third-order valence-electron chi connectivity index (χ3n) is 3.49. The topological polar surface area (TPSA) is 17.1 Å². The molecule has 0 fully saturated rings. The van der Waals surface area contributed by atoms with Crippen molar-refractivity contribution in [2.75, 3.05) is 5.08 Å². The number of hydrogen-bond acceptors (Lipinski definition) is 3. The van der Waals surface area contributed by atoms with Gasteiger partial charge in [-0.1, -0.05) is 35.3 Å². The summed E-state index contributed by atoms with van der Waals surface area (Å²) in [4.78, 5) is 14.9. The van der Waals surface area contributed by atoms with Gasteiger partial charge in [0.2, 0.25) is 0 Å². The van der Waals surface area contributed by atoms with Gasteiger partial charge >= 0.3 is 0 Å². The van der Waals surface area contributed by atoms with Gasteiger partial charge in [0, 0.05) is 36.0 Å². The molecule has 0 atom stereocenters. The molecular weight excluding hydrogens is 391 g/mol. The number of benzene rings is 3. The van der Waals surface area contributed by atoms with E-state index in [9.17, 15) is 4.79 Å². The molecule has 0 saturated heterocycles. The molecule has 0 bridgehead atoms. The van der Waals surface area contributed by atoms with Crippen LogP contribution in [0.3, 0.4) is 0 Å². The molecule has 3 aromatic carbocycles. The maximum Gasteiger partial charge on any atom is 0.194 e. The molecule has 1 nitrogen and oxygen atoms in total. The Bertz CT molecular complexity index is 862. The van der Waals surface area contributed by atoms with Crippen molar-refractivity contribution in [2.45, 2.75) is 9.79 Å². The second-order valence-corrected chi connectivity index (χ2v) is 8.50. The van der Waals surface area contributed by atoms with Crippen LogP contribution in [-0.4, -0.2) is 10.9 Å². The molecule has 0 spiro atoms. The van der Waals surface area contributed by atoms with Crippen molar-refractivity contribution in [3.63, 3.8) is 0 Å². The summed E-state index contributed by atoms with van der Waals surface area (Å²) in [6, 6.07) is 22.4. The van der Waals surface area contributed by atoms with Crippen molar-refractivity contribution >= 4 is 52.5 Å². The first-order chi connectivity index (χ1) is 12.1. The quantitative estimate of drug-likeness (QED) is 0.248. The zero-order chi connectivity index (χ0) is 17.6. The number of ketones is 1. The summed E-state index contributed by atoms with van der Waals surface area (Å²) in [5, 5.41) is 2.17. The summed E-state index contributed by atoms with van der Waals surface area (Å²) in [6.07, 6.45) is 0. The summed E-state index contributed by atoms with van der Waals surface area (Å²) in [7, 11) is 0. The standard InChI is InChI=1S/C20H14Cl2OS2/c21-15-7-5-14(6-8-15)20(23)18-3-1-2-4-19(18)25-13-24-17-11-9-16(22)10-12-17/h1-12H,13H2. The van der Waals surface area contributed by atoms with Crippen molar-refractivity contribution in [1.82, 2.24) is 0 Å². The Hall–Kier alpha value is -1.39. The lowest BCUT2D eigenvalue weighted by atomic mass is 10.0. The Morgan fingerprint density at radius 3 is 2.04 bits per heavy atom. The summed E-state index contributed by atoms with van der Waals surface area (Å²) < 4.78 is 0. The maximum absolute atomic E-state index is 12.8. The molecule has 0 aliphatic heterocycles. The van der Waals surface area contributed by atoms with E-state index in [4.69, 9.17) is 23.2 Å². The van der Waals surface area contributed by atoms with Crippen molar-refractivity contribution in [2.24, 2.45) is 0 Å². The van der Waals surface area contributed by atoms with Crippen molar-refractivity contribution in [3.05, 3.63) is 94.0 Å². The molecule has 0 radical (unpaired) electrons. The van der Waals surface area contributed by atoms with Gasteiger partial charge in [-0.2, -0.15) is 0 Å². The van der Waals surface area contributed by atoms with E-state index in [0.29, 0.717) is 16.1 Å². The normalized spacial score (nSPS) is 10.6. The molecule has 3 aromatic rings. The number of thioether (sulfide) groups is 2. The van der Waals surface area contributed by atoms with Crippen LogP contribution in [0.5, 0.6) is 0 Å². The Morgan fingerprint density at radius 2 is 1.36 bits per heavy atom. The van der Waals surface area contributed by atoms with E-state index in [0.717, 1.165) is 19.9 Å². The summed E-state index contributed by atoms with van der Waals surface area (Å²) in [5.41, 5.74) is 1.36. The molecule has 0 unspecified atom stereocenters. The summed E-state index contributed by atoms with van der Waals surface area (Å²) in [5.74, 6) is 0.0104. The van der Waals surface area contributed by atoms with E-state index in [1.807, 2.05) is 48.5 Å². The van der Waals surface area contributed by atoms with Gasteiger partial charge in [-0.3, -0.25) is 4.79 Å². The van der Waals surface area contributed by atoms with E-state index < -0.39 is 0 Å². The first-order valence-electron chi connectivity index (χ1n) is 7.54. The molecule has 0 aliphatic rings. The zero-order valence-electron chi connectivity index (χ0n) is 13.1. The highest BCUT2D eigenvalue weighted by Crippen LogP contribution is 2.31. The fraction of sp³-hybridized carbons (Fsp3) is 0.0500. The second-order valence-electron chi connectivity index (χ2n) is 5.19. The largest absolute Gasteiger partial charge is 0.289 e. The molecule has 0 heterocycles. The molecule has 126 valence electrons. The van der Waals surface area contributed by atoms with Crippen LogP contribution in [0.25, 0.3) is 0 Å². The third-order valence-corrected chi connectivity index (χ3v) is 6.21. The van der Waals surface area contributed by atoms with E-state index in [2.05, 4.69) is 0 Å². The van der Waals surface area contributed by atoms with Gasteiger partial charge in [0.05, 0.1) is 0 Å². The van der Waals surface area contributed by atoms with Crippen molar-refractivity contribution in [1.29, 1.82) is 0 Å². The Balaban J connectivity index is 1.71. The molecule has 25 heavy (non-hydrogen) atoms. The molecule has 5 heteroatoms. The Morgan fingerprint density at radius 1 is 0.760 bits per heavy atom. The Kier molecular flexibility index (Phi) is 6.49. The molecule has 0 N–H and O–H groups in total. The van der Waals surface area contributed by atoms with Gasteiger partial charge in [0.15, 0.2) is 5.78 Å². The average Bonchev–Trinajstić information content (AvgIpc) is 2.64. The first kappa shape index (κ1) is 18.4. The van der Waals surface area contributed by atoms with Gasteiger partial charge < -0.3 is 0 Å². The van der Waals surface area contributed by atoms with E-state index in [-0.39, 0.29) is 5.78 Å². The van der Waals surface area contributed by atoms with E-state index >= 15 is 0 Å². The molecule has 0 amide bonds. The highest BCUT2D eigenvalue weighted by Gasteiger charge is 2.13. The van der Waals surface area contributed by atoms with Crippen LogP contribution in [-0.2, 0) is 0 Å². The molecule has 0 aliphatic carbocycles. The van der Waals surface area contributed by atoms with Crippen molar-refractivity contribution < 1.29 is 4.79 Å². The van der Waals surface area contributed by atoms with Crippen LogP contribution in [0.2, 0.25) is 10.0 Å². The lowest BCUT2D eigenvalue weighted by Gasteiger charge is -2.08. The van der Waals surface area contributed by atoms with Gasteiger partial charge in [-0.05, 0) is 60.7 Å². The van der Waals surface area contributed by atoms with Crippen LogP contribution in [0.1, 0.15) is 15.9 Å². The number of halogens is 2. The summed E-state index contributed by atoms with van der Waals surface area (Å²) in [6.45, 7) is 0. The average molecular weight is 405 g/mol. The minimum absolute atomic E-state index is 0.0104. The van der Waals surface area contributed by atoms with Crippen LogP contribution in [0.4, 0.5) is 0 Å². The number of hydrogen-bond donors (Lipinski definition) is 0. The highest BCUT2D eigenvalue weighted by molar-refractivity contribution is 8.16. The predicted octanol–water partition coefficient (Wildman–Crippen LogP) is 7.07. The number of carbonyl (C=O) groups is 1. The first-order valence-corrected chi connectivity index (χ1v) is 10.3. The third kappa shape index (κ3) is 5.05. The number of carbonyl (C=O) groups excluding carboxylic acids is 1. The highest BCUT2D eigenvalue weighted by atomic mass is 35.5. The van der Waals surface area contributed by atoms with Crippen LogP contribution < -0.4 is 0 Å². The molecule has 3 rings (SSSR count). The minimum Gasteiger partial charge on any atom is -0.289 e. The van der Waals surface area contributed by atoms with Crippen molar-refractivity contribution in [3.8, 4) is 0 Å². The monoisotopic (exact) mass is 404 g/mol. The minimum atomic E-state index is 0.0104. The SMILES string of the molecule is O=C(c1ccc(Cl)cc1)c1ccccc1SCSc1ccc(Cl)cc1. The fourth-order valence-corrected chi connectivity index (χ4v) is 4.59. The Labute approximate surface area is 165 Å². The zero-order valence-corrected chi connectivity index (χ0v) is 16.3. The summed E-state index contributed by atoms with van der Waals surface area (Å²) >= 11 is 15.2. The maximum atomic E-state index is 12.8.